The van der Waals surface area contributed by atoms with E-state index in [1.807, 2.05) is 18.2 Å². The average molecular weight is 283 g/mol. The lowest BCUT2D eigenvalue weighted by atomic mass is 9.98. The summed E-state index contributed by atoms with van der Waals surface area (Å²) in [5, 5.41) is 3.27. The number of alkyl halides is 2. The van der Waals surface area contributed by atoms with E-state index in [0.29, 0.717) is 0 Å². The van der Waals surface area contributed by atoms with Crippen LogP contribution in [0.15, 0.2) is 18.2 Å². The van der Waals surface area contributed by atoms with Crippen LogP contribution in [0.1, 0.15) is 30.9 Å². The standard InChI is InChI=1S/C15H19F2NO2/c1-2-20-14(19)15(16,17)8-7-11-5-6-13-12(10-11)4-3-9-18-13/h5-6,10,18H,2-4,7-9H2,1H3. The van der Waals surface area contributed by atoms with Crippen LogP contribution in [0, 0.1) is 0 Å². The monoisotopic (exact) mass is 283 g/mol. The molecular formula is C15H19F2NO2. The number of aryl methyl sites for hydroxylation is 2. The molecule has 1 aliphatic heterocycles. The third kappa shape index (κ3) is 3.46. The summed E-state index contributed by atoms with van der Waals surface area (Å²) in [6, 6.07) is 5.70. The zero-order valence-corrected chi connectivity index (χ0v) is 11.5. The Kier molecular flexibility index (Phi) is 4.57. The Morgan fingerprint density at radius 2 is 2.25 bits per heavy atom. The van der Waals surface area contributed by atoms with Crippen LogP contribution in [0.5, 0.6) is 0 Å². The number of rotatable bonds is 5. The number of nitrogens with one attached hydrogen (secondary N) is 1. The van der Waals surface area contributed by atoms with Crippen molar-refractivity contribution < 1.29 is 18.3 Å². The minimum Gasteiger partial charge on any atom is -0.462 e. The van der Waals surface area contributed by atoms with E-state index in [9.17, 15) is 13.6 Å². The summed E-state index contributed by atoms with van der Waals surface area (Å²) >= 11 is 0. The highest BCUT2D eigenvalue weighted by atomic mass is 19.3. The first-order valence-electron chi connectivity index (χ1n) is 6.93. The van der Waals surface area contributed by atoms with E-state index in [0.717, 1.165) is 36.2 Å². The van der Waals surface area contributed by atoms with Crippen LogP contribution in [-0.4, -0.2) is 25.0 Å². The van der Waals surface area contributed by atoms with Crippen LogP contribution in [0.4, 0.5) is 14.5 Å². The minimum absolute atomic E-state index is 0.0288. The van der Waals surface area contributed by atoms with E-state index in [1.165, 1.54) is 6.92 Å². The SMILES string of the molecule is CCOC(=O)C(F)(F)CCc1ccc2c(c1)CCCN2. The van der Waals surface area contributed by atoms with Crippen LogP contribution in [0.3, 0.4) is 0 Å². The second-order valence-electron chi connectivity index (χ2n) is 4.95. The molecule has 1 aliphatic rings. The molecule has 0 atom stereocenters. The highest BCUT2D eigenvalue weighted by Gasteiger charge is 2.39. The summed E-state index contributed by atoms with van der Waals surface area (Å²) < 4.78 is 31.5. The van der Waals surface area contributed by atoms with Crippen molar-refractivity contribution in [3.8, 4) is 0 Å². The Morgan fingerprint density at radius 3 is 3.00 bits per heavy atom. The summed E-state index contributed by atoms with van der Waals surface area (Å²) in [6.45, 7) is 2.44. The van der Waals surface area contributed by atoms with Crippen molar-refractivity contribution in [2.45, 2.75) is 38.5 Å². The lowest BCUT2D eigenvalue weighted by Crippen LogP contribution is -2.31. The number of ether oxygens (including phenoxy) is 1. The molecule has 2 rings (SSSR count). The van der Waals surface area contributed by atoms with Gasteiger partial charge in [0.1, 0.15) is 0 Å². The maximum absolute atomic E-state index is 13.5. The molecule has 0 aliphatic carbocycles. The molecule has 0 saturated heterocycles. The smallest absolute Gasteiger partial charge is 0.376 e. The molecule has 20 heavy (non-hydrogen) atoms. The van der Waals surface area contributed by atoms with Gasteiger partial charge < -0.3 is 10.1 Å². The van der Waals surface area contributed by atoms with Crippen molar-refractivity contribution >= 4 is 11.7 Å². The third-order valence-corrected chi connectivity index (χ3v) is 3.41. The molecule has 110 valence electrons. The van der Waals surface area contributed by atoms with Gasteiger partial charge in [-0.1, -0.05) is 12.1 Å². The molecule has 0 spiro atoms. The summed E-state index contributed by atoms with van der Waals surface area (Å²) in [6.07, 6.45) is 1.66. The maximum atomic E-state index is 13.5. The highest BCUT2D eigenvalue weighted by molar-refractivity contribution is 5.77. The summed E-state index contributed by atoms with van der Waals surface area (Å²) in [5.74, 6) is -4.84. The molecule has 0 fully saturated rings. The quantitative estimate of drug-likeness (QED) is 0.843. The molecule has 0 saturated carbocycles. The molecule has 0 aromatic heterocycles. The van der Waals surface area contributed by atoms with Crippen molar-refractivity contribution in [3.63, 3.8) is 0 Å². The first-order valence-corrected chi connectivity index (χ1v) is 6.93. The number of fused-ring (bicyclic) bond motifs is 1. The van der Waals surface area contributed by atoms with Gasteiger partial charge in [-0.2, -0.15) is 8.78 Å². The normalized spacial score (nSPS) is 14.3. The van der Waals surface area contributed by atoms with Crippen molar-refractivity contribution in [2.24, 2.45) is 0 Å². The van der Waals surface area contributed by atoms with Crippen molar-refractivity contribution in [1.29, 1.82) is 0 Å². The number of halogens is 2. The zero-order valence-electron chi connectivity index (χ0n) is 11.5. The van der Waals surface area contributed by atoms with Gasteiger partial charge in [0, 0.05) is 18.7 Å². The van der Waals surface area contributed by atoms with E-state index in [-0.39, 0.29) is 13.0 Å². The first kappa shape index (κ1) is 14.8. The number of anilines is 1. The predicted octanol–water partition coefficient (Wildman–Crippen LogP) is 3.18. The Bertz CT molecular complexity index is 489. The Morgan fingerprint density at radius 1 is 1.45 bits per heavy atom. The summed E-state index contributed by atoms with van der Waals surface area (Å²) in [4.78, 5) is 11.1. The molecule has 1 aromatic carbocycles. The number of benzene rings is 1. The predicted molar refractivity (Wildman–Crippen MR) is 73.2 cm³/mol. The second-order valence-corrected chi connectivity index (χ2v) is 4.95. The van der Waals surface area contributed by atoms with Crippen LogP contribution in [0.25, 0.3) is 0 Å². The molecule has 1 N–H and O–H groups in total. The number of esters is 1. The fourth-order valence-corrected chi connectivity index (χ4v) is 2.32. The molecular weight excluding hydrogens is 264 g/mol. The van der Waals surface area contributed by atoms with Crippen LogP contribution in [-0.2, 0) is 22.4 Å². The van der Waals surface area contributed by atoms with E-state index in [4.69, 9.17) is 0 Å². The van der Waals surface area contributed by atoms with Gasteiger partial charge in [-0.3, -0.25) is 0 Å². The number of carbonyl (C=O) groups is 1. The molecule has 0 amide bonds. The number of carbonyl (C=O) groups excluding carboxylic acids is 1. The van der Waals surface area contributed by atoms with Gasteiger partial charge in [-0.05, 0) is 43.4 Å². The third-order valence-electron chi connectivity index (χ3n) is 3.41. The fraction of sp³-hybridized carbons (Fsp3) is 0.533. The average Bonchev–Trinajstić information content (AvgIpc) is 2.45. The molecule has 1 heterocycles. The van der Waals surface area contributed by atoms with Gasteiger partial charge >= 0.3 is 11.9 Å². The lowest BCUT2D eigenvalue weighted by molar-refractivity contribution is -0.172. The number of hydrogen-bond donors (Lipinski definition) is 1. The Balaban J connectivity index is 1.98. The lowest BCUT2D eigenvalue weighted by Gasteiger charge is -2.19. The first-order chi connectivity index (χ1) is 9.53. The van der Waals surface area contributed by atoms with Crippen LogP contribution < -0.4 is 5.32 Å². The Hall–Kier alpha value is -1.65. The maximum Gasteiger partial charge on any atom is 0.376 e. The van der Waals surface area contributed by atoms with E-state index < -0.39 is 18.3 Å². The van der Waals surface area contributed by atoms with Gasteiger partial charge in [-0.15, -0.1) is 0 Å². The Labute approximate surface area is 117 Å². The summed E-state index contributed by atoms with van der Waals surface area (Å²) in [7, 11) is 0. The molecule has 1 aromatic rings. The zero-order chi connectivity index (χ0) is 14.6. The molecule has 5 heteroatoms. The molecule has 0 radical (unpaired) electrons. The van der Waals surface area contributed by atoms with E-state index >= 15 is 0 Å². The topological polar surface area (TPSA) is 38.3 Å². The van der Waals surface area contributed by atoms with Crippen molar-refractivity contribution in [3.05, 3.63) is 29.3 Å². The summed E-state index contributed by atoms with van der Waals surface area (Å²) in [5.41, 5.74) is 3.07. The molecule has 0 bridgehead atoms. The molecule has 0 unspecified atom stereocenters. The van der Waals surface area contributed by atoms with Crippen molar-refractivity contribution in [2.75, 3.05) is 18.5 Å². The van der Waals surface area contributed by atoms with Gasteiger partial charge in [-0.25, -0.2) is 4.79 Å². The van der Waals surface area contributed by atoms with Crippen LogP contribution in [0.2, 0.25) is 0 Å². The minimum atomic E-state index is -3.41. The fourth-order valence-electron chi connectivity index (χ4n) is 2.32. The van der Waals surface area contributed by atoms with E-state index in [2.05, 4.69) is 10.1 Å². The second kappa shape index (κ2) is 6.20. The van der Waals surface area contributed by atoms with Gasteiger partial charge in [0.15, 0.2) is 0 Å². The van der Waals surface area contributed by atoms with E-state index in [1.54, 1.807) is 0 Å². The number of hydrogen-bond acceptors (Lipinski definition) is 3. The van der Waals surface area contributed by atoms with Crippen molar-refractivity contribution in [1.82, 2.24) is 0 Å². The van der Waals surface area contributed by atoms with Crippen LogP contribution >= 0.6 is 0 Å². The largest absolute Gasteiger partial charge is 0.462 e. The van der Waals surface area contributed by atoms with Gasteiger partial charge in [0.2, 0.25) is 0 Å². The molecule has 3 nitrogen and oxygen atoms in total. The van der Waals surface area contributed by atoms with Gasteiger partial charge in [0.25, 0.3) is 0 Å². The highest BCUT2D eigenvalue weighted by Crippen LogP contribution is 2.26. The van der Waals surface area contributed by atoms with Gasteiger partial charge in [0.05, 0.1) is 6.61 Å².